The predicted octanol–water partition coefficient (Wildman–Crippen LogP) is 3.17. The number of halogens is 1. The van der Waals surface area contributed by atoms with Crippen molar-refractivity contribution in [3.63, 3.8) is 0 Å². The van der Waals surface area contributed by atoms with Crippen LogP contribution in [0.1, 0.15) is 32.7 Å². The number of nitrogens with one attached hydrogen (secondary N) is 2. The van der Waals surface area contributed by atoms with Crippen molar-refractivity contribution >= 4 is 40.1 Å². The van der Waals surface area contributed by atoms with Crippen molar-refractivity contribution in [3.8, 4) is 0 Å². The van der Waals surface area contributed by atoms with E-state index in [0.29, 0.717) is 24.0 Å². The highest BCUT2D eigenvalue weighted by molar-refractivity contribution is 6.34. The molecule has 0 bridgehead atoms. The van der Waals surface area contributed by atoms with Gasteiger partial charge in [-0.1, -0.05) is 41.9 Å². The Morgan fingerprint density at radius 3 is 2.71 bits per heavy atom. The van der Waals surface area contributed by atoms with Gasteiger partial charge in [-0.05, 0) is 42.7 Å². The Labute approximate surface area is 199 Å². The van der Waals surface area contributed by atoms with E-state index in [1.807, 2.05) is 30.3 Å². The summed E-state index contributed by atoms with van der Waals surface area (Å²) in [6, 6.07) is 15.7. The van der Waals surface area contributed by atoms with Gasteiger partial charge in [-0.25, -0.2) is 15.8 Å². The van der Waals surface area contributed by atoms with Crippen molar-refractivity contribution in [2.75, 3.05) is 11.9 Å². The number of H-pyrrole nitrogens is 1. The molecule has 0 radical (unpaired) electrons. The highest BCUT2D eigenvalue weighted by atomic mass is 35.5. The Bertz CT molecular complexity index is 1410. The Hall–Kier alpha value is -4.08. The number of fused-ring (bicyclic) bond motifs is 1. The third-order valence-electron chi connectivity index (χ3n) is 5.19. The molecule has 0 saturated carbocycles. The lowest BCUT2D eigenvalue weighted by Crippen LogP contribution is -2.38. The summed E-state index contributed by atoms with van der Waals surface area (Å²) < 4.78 is 0. The maximum atomic E-state index is 12.8. The van der Waals surface area contributed by atoms with Crippen molar-refractivity contribution in [3.05, 3.63) is 99.2 Å². The molecule has 2 aromatic heterocycles. The minimum absolute atomic E-state index is 0.142. The Morgan fingerprint density at radius 2 is 1.91 bits per heavy atom. The number of aryl methyl sites for hydroxylation is 1. The highest BCUT2D eigenvalue weighted by Gasteiger charge is 2.17. The number of pyridine rings is 1. The molecule has 172 valence electrons. The summed E-state index contributed by atoms with van der Waals surface area (Å²) in [6.07, 6.45) is 4.25. The van der Waals surface area contributed by atoms with E-state index in [1.54, 1.807) is 0 Å². The van der Waals surface area contributed by atoms with Gasteiger partial charge in [0.15, 0.2) is 0 Å². The first-order valence-electron chi connectivity index (χ1n) is 10.5. The topological polar surface area (TPSA) is 134 Å². The summed E-state index contributed by atoms with van der Waals surface area (Å²) in [5, 5.41) is 4.42. The second-order valence-corrected chi connectivity index (χ2v) is 7.98. The first-order chi connectivity index (χ1) is 16.4. The third-order valence-corrected chi connectivity index (χ3v) is 5.52. The molecule has 2 aromatic carbocycles. The maximum Gasteiger partial charge on any atom is 0.267 e. The number of carbonyl (C=O) groups is 2. The molecular weight excluding hydrogens is 456 g/mol. The second-order valence-electron chi connectivity index (χ2n) is 7.58. The quantitative estimate of drug-likeness (QED) is 0.213. The van der Waals surface area contributed by atoms with Gasteiger partial charge in [0.25, 0.3) is 17.4 Å². The molecule has 0 aliphatic rings. The maximum absolute atomic E-state index is 12.8. The van der Waals surface area contributed by atoms with E-state index in [9.17, 15) is 14.4 Å². The van der Waals surface area contributed by atoms with Crippen molar-refractivity contribution < 1.29 is 9.59 Å². The molecular formula is C24H21ClN6O3. The lowest BCUT2D eigenvalue weighted by atomic mass is 10.1. The number of amides is 2. The standard InChI is InChI=1S/C24H21ClN6O3/c25-19-9-8-16(24(34)31(26)10-4-7-15-5-2-1-3-6-15)12-20(19)29-22(32)18-11-17-13-27-14-28-21(17)30-23(18)33/h1-3,5-6,8-9,11-14H,4,7,10,26H2,(H,29,32)(H,27,28,30,33). The van der Waals surface area contributed by atoms with E-state index < -0.39 is 17.4 Å². The number of hydrogen-bond acceptors (Lipinski definition) is 6. The zero-order valence-electron chi connectivity index (χ0n) is 18.0. The lowest BCUT2D eigenvalue weighted by molar-refractivity contribution is 0.0753. The summed E-state index contributed by atoms with van der Waals surface area (Å²) in [5.74, 6) is 4.87. The van der Waals surface area contributed by atoms with Crippen molar-refractivity contribution in [2.24, 2.45) is 5.84 Å². The molecule has 34 heavy (non-hydrogen) atoms. The molecule has 2 amide bonds. The van der Waals surface area contributed by atoms with E-state index in [4.69, 9.17) is 17.4 Å². The van der Waals surface area contributed by atoms with Crippen LogP contribution in [-0.4, -0.2) is 38.3 Å². The number of hydrazine groups is 1. The van der Waals surface area contributed by atoms with E-state index in [0.717, 1.165) is 17.0 Å². The van der Waals surface area contributed by atoms with Crippen molar-refractivity contribution in [1.82, 2.24) is 20.0 Å². The van der Waals surface area contributed by atoms with Crippen LogP contribution in [-0.2, 0) is 6.42 Å². The molecule has 0 spiro atoms. The number of nitrogens with zero attached hydrogens (tertiary/aromatic N) is 3. The third kappa shape index (κ3) is 5.28. The number of hydrogen-bond donors (Lipinski definition) is 3. The SMILES string of the molecule is NN(CCCc1ccccc1)C(=O)c1ccc(Cl)c(NC(=O)c2cc3cncnc3[nH]c2=O)c1. The molecule has 4 aromatic rings. The average Bonchev–Trinajstić information content (AvgIpc) is 2.85. The van der Waals surface area contributed by atoms with E-state index in [1.165, 1.54) is 36.8 Å². The van der Waals surface area contributed by atoms with Crippen LogP contribution in [0.15, 0.2) is 71.9 Å². The van der Waals surface area contributed by atoms with Crippen molar-refractivity contribution in [2.45, 2.75) is 12.8 Å². The minimum Gasteiger partial charge on any atom is -0.320 e. The predicted molar refractivity (Wildman–Crippen MR) is 130 cm³/mol. The van der Waals surface area contributed by atoms with Gasteiger partial charge in [0.2, 0.25) is 0 Å². The van der Waals surface area contributed by atoms with Gasteiger partial charge in [-0.2, -0.15) is 0 Å². The Morgan fingerprint density at radius 1 is 1.12 bits per heavy atom. The molecule has 9 nitrogen and oxygen atoms in total. The summed E-state index contributed by atoms with van der Waals surface area (Å²) >= 11 is 6.22. The van der Waals surface area contributed by atoms with Gasteiger partial charge < -0.3 is 10.3 Å². The van der Waals surface area contributed by atoms with E-state index >= 15 is 0 Å². The van der Waals surface area contributed by atoms with Crippen LogP contribution in [0.5, 0.6) is 0 Å². The molecule has 0 fully saturated rings. The Balaban J connectivity index is 1.46. The fraction of sp³-hybridized carbons (Fsp3) is 0.125. The number of anilines is 1. The van der Waals surface area contributed by atoms with Crippen LogP contribution in [0.3, 0.4) is 0 Å². The highest BCUT2D eigenvalue weighted by Crippen LogP contribution is 2.24. The first-order valence-corrected chi connectivity index (χ1v) is 10.8. The molecule has 4 rings (SSSR count). The smallest absolute Gasteiger partial charge is 0.267 e. The van der Waals surface area contributed by atoms with Gasteiger partial charge >= 0.3 is 0 Å². The molecule has 0 atom stereocenters. The number of aromatic nitrogens is 3. The van der Waals surface area contributed by atoms with Crippen LogP contribution in [0.25, 0.3) is 11.0 Å². The van der Waals surface area contributed by atoms with Crippen LogP contribution in [0, 0.1) is 0 Å². The number of rotatable bonds is 7. The van der Waals surface area contributed by atoms with Gasteiger partial charge in [0.05, 0.1) is 10.7 Å². The van der Waals surface area contributed by atoms with E-state index in [2.05, 4.69) is 20.3 Å². The van der Waals surface area contributed by atoms with E-state index in [-0.39, 0.29) is 21.8 Å². The monoisotopic (exact) mass is 476 g/mol. The van der Waals surface area contributed by atoms with Crippen LogP contribution >= 0.6 is 11.6 Å². The van der Waals surface area contributed by atoms with Gasteiger partial charge in [0, 0.05) is 23.7 Å². The van der Waals surface area contributed by atoms with Gasteiger partial charge in [-0.3, -0.25) is 19.4 Å². The molecule has 0 unspecified atom stereocenters. The first kappa shape index (κ1) is 23.1. The fourth-order valence-electron chi connectivity index (χ4n) is 3.42. The van der Waals surface area contributed by atoms with Crippen LogP contribution < -0.4 is 16.7 Å². The molecule has 0 aliphatic heterocycles. The fourth-order valence-corrected chi connectivity index (χ4v) is 3.59. The summed E-state index contributed by atoms with van der Waals surface area (Å²) in [5.41, 5.74) is 1.16. The normalized spacial score (nSPS) is 10.8. The number of aromatic amines is 1. The average molecular weight is 477 g/mol. The number of carbonyl (C=O) groups excluding carboxylic acids is 2. The van der Waals surface area contributed by atoms with Crippen LogP contribution in [0.2, 0.25) is 5.02 Å². The summed E-state index contributed by atoms with van der Waals surface area (Å²) in [6.45, 7) is 0.354. The van der Waals surface area contributed by atoms with Gasteiger partial charge in [-0.15, -0.1) is 0 Å². The zero-order valence-corrected chi connectivity index (χ0v) is 18.7. The molecule has 0 aliphatic carbocycles. The van der Waals surface area contributed by atoms with Crippen molar-refractivity contribution in [1.29, 1.82) is 0 Å². The Kier molecular flexibility index (Phi) is 6.95. The van der Waals surface area contributed by atoms with Crippen LogP contribution in [0.4, 0.5) is 5.69 Å². The molecule has 4 N–H and O–H groups in total. The lowest BCUT2D eigenvalue weighted by Gasteiger charge is -2.17. The molecule has 2 heterocycles. The summed E-state index contributed by atoms with van der Waals surface area (Å²) in [7, 11) is 0. The molecule has 10 heteroatoms. The molecule has 0 saturated heterocycles. The zero-order chi connectivity index (χ0) is 24.1. The number of nitrogens with two attached hydrogens (primary N) is 1. The minimum atomic E-state index is -0.689. The number of benzene rings is 2. The van der Waals surface area contributed by atoms with Gasteiger partial charge in [0.1, 0.15) is 17.5 Å². The second kappa shape index (κ2) is 10.2. The summed E-state index contributed by atoms with van der Waals surface area (Å²) in [4.78, 5) is 48.3. The largest absolute Gasteiger partial charge is 0.320 e.